The molecule has 0 radical (unpaired) electrons. The fourth-order valence-corrected chi connectivity index (χ4v) is 4.53. The van der Waals surface area contributed by atoms with Crippen molar-refractivity contribution < 1.29 is 9.53 Å². The second kappa shape index (κ2) is 6.78. The predicted octanol–water partition coefficient (Wildman–Crippen LogP) is 3.81. The molecular formula is C18H33NO2. The molecule has 2 unspecified atom stereocenters. The number of ketones is 1. The molecule has 0 aromatic rings. The summed E-state index contributed by atoms with van der Waals surface area (Å²) in [5.74, 6) is 0.658. The van der Waals surface area contributed by atoms with Crippen LogP contribution >= 0.6 is 0 Å². The van der Waals surface area contributed by atoms with Crippen LogP contribution in [-0.2, 0) is 9.53 Å². The minimum absolute atomic E-state index is 0.0382. The predicted molar refractivity (Wildman–Crippen MR) is 86.5 cm³/mol. The number of ether oxygens (including phenoxy) is 1. The van der Waals surface area contributed by atoms with E-state index < -0.39 is 0 Å². The molecular weight excluding hydrogens is 262 g/mol. The van der Waals surface area contributed by atoms with Gasteiger partial charge in [0.05, 0.1) is 11.1 Å². The van der Waals surface area contributed by atoms with Gasteiger partial charge in [-0.15, -0.1) is 0 Å². The summed E-state index contributed by atoms with van der Waals surface area (Å²) in [5, 5.41) is 0. The summed E-state index contributed by atoms with van der Waals surface area (Å²) in [6.07, 6.45) is 7.62. The molecule has 0 bridgehead atoms. The fourth-order valence-electron chi connectivity index (χ4n) is 4.53. The largest absolute Gasteiger partial charge is 0.375 e. The molecule has 2 atom stereocenters. The second-order valence-corrected chi connectivity index (χ2v) is 7.09. The van der Waals surface area contributed by atoms with E-state index in [1.807, 2.05) is 0 Å². The van der Waals surface area contributed by atoms with Crippen LogP contribution < -0.4 is 0 Å². The summed E-state index contributed by atoms with van der Waals surface area (Å²) in [7, 11) is 0. The normalized spacial score (nSPS) is 28.0. The molecule has 3 heteroatoms. The molecule has 2 aliphatic rings. The second-order valence-electron chi connectivity index (χ2n) is 7.09. The summed E-state index contributed by atoms with van der Waals surface area (Å²) >= 11 is 0. The number of rotatable bonds is 6. The van der Waals surface area contributed by atoms with Gasteiger partial charge in [0.25, 0.3) is 0 Å². The summed E-state index contributed by atoms with van der Waals surface area (Å²) < 4.78 is 6.10. The third-order valence-electron chi connectivity index (χ3n) is 6.06. The number of nitrogens with zero attached hydrogens (tertiary/aromatic N) is 1. The molecule has 2 rings (SSSR count). The molecule has 1 saturated carbocycles. The quantitative estimate of drug-likeness (QED) is 0.746. The number of hydrogen-bond acceptors (Lipinski definition) is 3. The maximum Gasteiger partial charge on any atom is 0.156 e. The third kappa shape index (κ3) is 3.19. The first-order chi connectivity index (χ1) is 10.0. The monoisotopic (exact) mass is 295 g/mol. The molecule has 21 heavy (non-hydrogen) atoms. The summed E-state index contributed by atoms with van der Waals surface area (Å²) in [6.45, 7) is 11.3. The van der Waals surface area contributed by atoms with E-state index in [2.05, 4.69) is 32.6 Å². The Balaban J connectivity index is 2.13. The lowest BCUT2D eigenvalue weighted by atomic mass is 9.75. The fraction of sp³-hybridized carbons (Fsp3) is 0.944. The van der Waals surface area contributed by atoms with Crippen molar-refractivity contribution in [3.8, 4) is 0 Å². The van der Waals surface area contributed by atoms with Gasteiger partial charge in [-0.2, -0.15) is 0 Å². The lowest BCUT2D eigenvalue weighted by Crippen LogP contribution is -2.55. The molecule has 0 N–H and O–H groups in total. The average Bonchev–Trinajstić information content (AvgIpc) is 2.95. The van der Waals surface area contributed by atoms with Crippen molar-refractivity contribution in [3.05, 3.63) is 0 Å². The van der Waals surface area contributed by atoms with E-state index in [1.165, 1.54) is 12.8 Å². The van der Waals surface area contributed by atoms with Crippen LogP contribution in [0.3, 0.4) is 0 Å². The smallest absolute Gasteiger partial charge is 0.156 e. The van der Waals surface area contributed by atoms with Crippen molar-refractivity contribution in [2.24, 2.45) is 5.92 Å². The van der Waals surface area contributed by atoms with Crippen LogP contribution in [0.4, 0.5) is 0 Å². The third-order valence-corrected chi connectivity index (χ3v) is 6.06. The van der Waals surface area contributed by atoms with Crippen LogP contribution in [0, 0.1) is 5.92 Å². The van der Waals surface area contributed by atoms with Gasteiger partial charge < -0.3 is 4.74 Å². The summed E-state index contributed by atoms with van der Waals surface area (Å²) in [6, 6.07) is 0. The Bertz CT molecular complexity index is 358. The van der Waals surface area contributed by atoms with Crippen molar-refractivity contribution in [3.63, 3.8) is 0 Å². The van der Waals surface area contributed by atoms with Gasteiger partial charge in [-0.1, -0.05) is 33.6 Å². The SMILES string of the molecule is CCN(CC)C(C)(CC)C(=O)C1CCOC2(CCCC2)C1. The molecule has 0 aromatic heterocycles. The van der Waals surface area contributed by atoms with Crippen LogP contribution in [0.15, 0.2) is 0 Å². The Morgan fingerprint density at radius 2 is 1.86 bits per heavy atom. The number of carbonyl (C=O) groups is 1. The average molecular weight is 295 g/mol. The van der Waals surface area contributed by atoms with Crippen LogP contribution in [0.5, 0.6) is 0 Å². The first-order valence-electron chi connectivity index (χ1n) is 8.94. The minimum Gasteiger partial charge on any atom is -0.375 e. The molecule has 122 valence electrons. The molecule has 0 amide bonds. The zero-order valence-electron chi connectivity index (χ0n) is 14.4. The zero-order valence-corrected chi connectivity index (χ0v) is 14.4. The Labute approximate surface area is 130 Å². The molecule has 1 spiro atoms. The number of hydrogen-bond donors (Lipinski definition) is 0. The number of carbonyl (C=O) groups excluding carboxylic acids is 1. The van der Waals surface area contributed by atoms with Crippen molar-refractivity contribution in [2.75, 3.05) is 19.7 Å². The van der Waals surface area contributed by atoms with Crippen molar-refractivity contribution in [1.29, 1.82) is 0 Å². The molecule has 1 saturated heterocycles. The van der Waals surface area contributed by atoms with E-state index in [0.29, 0.717) is 5.78 Å². The first-order valence-corrected chi connectivity index (χ1v) is 8.94. The van der Waals surface area contributed by atoms with Gasteiger partial charge in [-0.25, -0.2) is 0 Å². The van der Waals surface area contributed by atoms with Crippen molar-refractivity contribution in [1.82, 2.24) is 4.90 Å². The van der Waals surface area contributed by atoms with E-state index in [9.17, 15) is 4.79 Å². The Kier molecular flexibility index (Phi) is 5.48. The minimum atomic E-state index is -0.300. The Morgan fingerprint density at radius 3 is 2.38 bits per heavy atom. The lowest BCUT2D eigenvalue weighted by Gasteiger charge is -2.44. The highest BCUT2D eigenvalue weighted by atomic mass is 16.5. The van der Waals surface area contributed by atoms with E-state index in [-0.39, 0.29) is 17.1 Å². The Morgan fingerprint density at radius 1 is 1.24 bits per heavy atom. The molecule has 3 nitrogen and oxygen atoms in total. The summed E-state index contributed by atoms with van der Waals surface area (Å²) in [5.41, 5.74) is -0.262. The van der Waals surface area contributed by atoms with Crippen molar-refractivity contribution >= 4 is 5.78 Å². The van der Waals surface area contributed by atoms with Gasteiger partial charge in [0.1, 0.15) is 0 Å². The van der Waals surface area contributed by atoms with E-state index in [4.69, 9.17) is 4.74 Å². The summed E-state index contributed by atoms with van der Waals surface area (Å²) in [4.78, 5) is 15.6. The van der Waals surface area contributed by atoms with Crippen LogP contribution in [-0.4, -0.2) is 41.5 Å². The Hall–Kier alpha value is -0.410. The van der Waals surface area contributed by atoms with E-state index >= 15 is 0 Å². The van der Waals surface area contributed by atoms with Gasteiger partial charge in [0.15, 0.2) is 5.78 Å². The van der Waals surface area contributed by atoms with E-state index in [1.54, 1.807) is 0 Å². The highest BCUT2D eigenvalue weighted by Crippen LogP contribution is 2.43. The zero-order chi connectivity index (χ0) is 15.5. The van der Waals surface area contributed by atoms with Crippen LogP contribution in [0.2, 0.25) is 0 Å². The molecule has 0 aromatic carbocycles. The maximum atomic E-state index is 13.3. The highest BCUT2D eigenvalue weighted by Gasteiger charge is 2.46. The van der Waals surface area contributed by atoms with Gasteiger partial charge >= 0.3 is 0 Å². The number of likely N-dealkylation sites (N-methyl/N-ethyl adjacent to an activating group) is 1. The van der Waals surface area contributed by atoms with Gasteiger partial charge in [0, 0.05) is 12.5 Å². The highest BCUT2D eigenvalue weighted by molar-refractivity contribution is 5.90. The van der Waals surface area contributed by atoms with Gasteiger partial charge in [-0.05, 0) is 52.1 Å². The van der Waals surface area contributed by atoms with E-state index in [0.717, 1.165) is 51.8 Å². The standard InChI is InChI=1S/C18H33NO2/c1-5-17(4,19(6-2)7-3)16(20)15-10-13-21-18(14-15)11-8-9-12-18/h15H,5-14H2,1-4H3. The molecule has 2 fully saturated rings. The molecule has 1 aliphatic carbocycles. The topological polar surface area (TPSA) is 29.5 Å². The number of Topliss-reactive ketones (excluding diaryl/α,β-unsaturated/α-hetero) is 1. The van der Waals surface area contributed by atoms with Crippen molar-refractivity contribution in [2.45, 2.75) is 83.8 Å². The maximum absolute atomic E-state index is 13.3. The van der Waals surface area contributed by atoms with Crippen LogP contribution in [0.25, 0.3) is 0 Å². The van der Waals surface area contributed by atoms with Gasteiger partial charge in [0.2, 0.25) is 0 Å². The lowest BCUT2D eigenvalue weighted by molar-refractivity contribution is -0.147. The molecule has 1 heterocycles. The van der Waals surface area contributed by atoms with Crippen LogP contribution in [0.1, 0.15) is 72.6 Å². The molecule has 1 aliphatic heterocycles. The van der Waals surface area contributed by atoms with Gasteiger partial charge in [-0.3, -0.25) is 9.69 Å². The first kappa shape index (κ1) is 17.0.